The first-order valence-electron chi connectivity index (χ1n) is 9.38. The lowest BCUT2D eigenvalue weighted by molar-refractivity contribution is -0.0260. The molecule has 0 radical (unpaired) electrons. The van der Waals surface area contributed by atoms with Gasteiger partial charge in [0.05, 0.1) is 12.7 Å². The van der Waals surface area contributed by atoms with Gasteiger partial charge in [-0.2, -0.15) is 0 Å². The molecule has 27 heavy (non-hydrogen) atoms. The topological polar surface area (TPSA) is 49.8 Å². The zero-order valence-electron chi connectivity index (χ0n) is 15.7. The van der Waals surface area contributed by atoms with Crippen molar-refractivity contribution in [3.63, 3.8) is 0 Å². The Morgan fingerprint density at radius 2 is 1.74 bits per heavy atom. The van der Waals surface area contributed by atoms with Crippen LogP contribution in [0.4, 0.5) is 0 Å². The second-order valence-corrected chi connectivity index (χ2v) is 7.57. The van der Waals surface area contributed by atoms with Gasteiger partial charge in [-0.05, 0) is 67.8 Å². The van der Waals surface area contributed by atoms with E-state index in [0.29, 0.717) is 24.3 Å². The zero-order chi connectivity index (χ0) is 19.3. The maximum absolute atomic E-state index is 12.3. The number of likely N-dealkylation sites (tertiary alicyclic amines) is 1. The largest absolute Gasteiger partial charge is 0.497 e. The van der Waals surface area contributed by atoms with Crippen molar-refractivity contribution in [1.82, 2.24) is 4.90 Å². The first-order valence-corrected chi connectivity index (χ1v) is 9.76. The van der Waals surface area contributed by atoms with E-state index in [0.717, 1.165) is 42.9 Å². The summed E-state index contributed by atoms with van der Waals surface area (Å²) in [5.74, 6) is 0.917. The van der Waals surface area contributed by atoms with Gasteiger partial charge < -0.3 is 14.7 Å². The minimum Gasteiger partial charge on any atom is -0.497 e. The summed E-state index contributed by atoms with van der Waals surface area (Å²) >= 11 is 5.94. The van der Waals surface area contributed by atoms with Crippen LogP contribution in [0.5, 0.6) is 5.75 Å². The van der Waals surface area contributed by atoms with Gasteiger partial charge in [0.1, 0.15) is 5.75 Å². The number of benzene rings is 2. The van der Waals surface area contributed by atoms with Gasteiger partial charge in [0.25, 0.3) is 0 Å². The predicted octanol–water partition coefficient (Wildman–Crippen LogP) is 4.30. The number of halogens is 1. The van der Waals surface area contributed by atoms with Crippen LogP contribution in [-0.2, 0) is 5.60 Å². The summed E-state index contributed by atoms with van der Waals surface area (Å²) in [4.78, 5) is 14.6. The molecule has 2 aromatic rings. The predicted molar refractivity (Wildman–Crippen MR) is 108 cm³/mol. The zero-order valence-corrected chi connectivity index (χ0v) is 16.4. The average Bonchev–Trinajstić information content (AvgIpc) is 2.70. The SMILES string of the molecule is COc1ccc(C(=O)CCCN2CCC(O)(c3ccc(Cl)cc3)CC2)cc1. The molecule has 1 heterocycles. The minimum absolute atomic E-state index is 0.160. The number of carbonyl (C=O) groups is 1. The van der Waals surface area contributed by atoms with Gasteiger partial charge in [0, 0.05) is 30.1 Å². The molecule has 0 unspecified atom stereocenters. The van der Waals surface area contributed by atoms with Crippen LogP contribution in [0.3, 0.4) is 0 Å². The first kappa shape index (κ1) is 19.9. The van der Waals surface area contributed by atoms with Crippen LogP contribution in [0.25, 0.3) is 0 Å². The number of methoxy groups -OCH3 is 1. The summed E-state index contributed by atoms with van der Waals surface area (Å²) in [6.07, 6.45) is 2.75. The van der Waals surface area contributed by atoms with E-state index in [1.807, 2.05) is 48.5 Å². The lowest BCUT2D eigenvalue weighted by atomic mass is 9.84. The quantitative estimate of drug-likeness (QED) is 0.720. The highest BCUT2D eigenvalue weighted by Gasteiger charge is 2.33. The van der Waals surface area contributed by atoms with Gasteiger partial charge in [0.2, 0.25) is 0 Å². The summed E-state index contributed by atoms with van der Waals surface area (Å²) < 4.78 is 5.12. The van der Waals surface area contributed by atoms with Gasteiger partial charge in [-0.25, -0.2) is 0 Å². The van der Waals surface area contributed by atoms with Crippen molar-refractivity contribution in [3.05, 3.63) is 64.7 Å². The molecule has 5 heteroatoms. The van der Waals surface area contributed by atoms with Crippen LogP contribution >= 0.6 is 11.6 Å². The molecule has 4 nitrogen and oxygen atoms in total. The molecule has 0 saturated carbocycles. The average molecular weight is 388 g/mol. The van der Waals surface area contributed by atoms with Crippen molar-refractivity contribution in [3.8, 4) is 5.75 Å². The molecule has 0 spiro atoms. The second-order valence-electron chi connectivity index (χ2n) is 7.14. The highest BCUT2D eigenvalue weighted by atomic mass is 35.5. The van der Waals surface area contributed by atoms with E-state index in [1.54, 1.807) is 7.11 Å². The number of ketones is 1. The number of nitrogens with zero attached hydrogens (tertiary/aromatic N) is 1. The molecule has 1 aliphatic heterocycles. The summed E-state index contributed by atoms with van der Waals surface area (Å²) in [5, 5.41) is 11.6. The molecule has 1 N–H and O–H groups in total. The third-order valence-electron chi connectivity index (χ3n) is 5.35. The van der Waals surface area contributed by atoms with Gasteiger partial charge in [-0.1, -0.05) is 23.7 Å². The molecule has 1 aliphatic rings. The number of aliphatic hydroxyl groups is 1. The van der Waals surface area contributed by atoms with Gasteiger partial charge in [0.15, 0.2) is 5.78 Å². The Morgan fingerprint density at radius 3 is 2.33 bits per heavy atom. The fourth-order valence-corrected chi connectivity index (χ4v) is 3.71. The molecular weight excluding hydrogens is 362 g/mol. The van der Waals surface area contributed by atoms with E-state index in [-0.39, 0.29) is 5.78 Å². The highest BCUT2D eigenvalue weighted by Crippen LogP contribution is 2.33. The van der Waals surface area contributed by atoms with E-state index < -0.39 is 5.60 Å². The summed E-state index contributed by atoms with van der Waals surface area (Å²) in [5.41, 5.74) is 0.882. The minimum atomic E-state index is -0.778. The third-order valence-corrected chi connectivity index (χ3v) is 5.61. The summed E-state index contributed by atoms with van der Waals surface area (Å²) in [6, 6.07) is 14.7. The molecular formula is C22H26ClNO3. The van der Waals surface area contributed by atoms with Crippen molar-refractivity contribution in [2.24, 2.45) is 0 Å². The molecule has 1 saturated heterocycles. The maximum atomic E-state index is 12.3. The van der Waals surface area contributed by atoms with Crippen molar-refractivity contribution >= 4 is 17.4 Å². The molecule has 0 bridgehead atoms. The maximum Gasteiger partial charge on any atom is 0.162 e. The monoisotopic (exact) mass is 387 g/mol. The van der Waals surface area contributed by atoms with E-state index in [2.05, 4.69) is 4.90 Å². The summed E-state index contributed by atoms with van der Waals surface area (Å²) in [6.45, 7) is 2.53. The smallest absolute Gasteiger partial charge is 0.162 e. The molecule has 0 atom stereocenters. The van der Waals surface area contributed by atoms with Crippen LogP contribution in [-0.4, -0.2) is 42.5 Å². The van der Waals surface area contributed by atoms with Crippen molar-refractivity contribution in [2.75, 3.05) is 26.7 Å². The van der Waals surface area contributed by atoms with Gasteiger partial charge in [-0.3, -0.25) is 4.79 Å². The fraction of sp³-hybridized carbons (Fsp3) is 0.409. The Morgan fingerprint density at radius 1 is 1.11 bits per heavy atom. The number of carbonyl (C=O) groups excluding carboxylic acids is 1. The molecule has 1 fully saturated rings. The number of Topliss-reactive ketones (excluding diaryl/α,β-unsaturated/α-hetero) is 1. The van der Waals surface area contributed by atoms with E-state index in [9.17, 15) is 9.90 Å². The van der Waals surface area contributed by atoms with E-state index >= 15 is 0 Å². The normalized spacial score (nSPS) is 16.9. The Bertz CT molecular complexity index is 750. The lowest BCUT2D eigenvalue weighted by Gasteiger charge is -2.38. The summed E-state index contributed by atoms with van der Waals surface area (Å²) in [7, 11) is 1.61. The molecule has 0 amide bonds. The Kier molecular flexibility index (Phi) is 6.53. The van der Waals surface area contributed by atoms with E-state index in [1.165, 1.54) is 0 Å². The number of hydrogen-bond acceptors (Lipinski definition) is 4. The van der Waals surface area contributed by atoms with E-state index in [4.69, 9.17) is 16.3 Å². The lowest BCUT2D eigenvalue weighted by Crippen LogP contribution is -2.42. The third kappa shape index (κ3) is 5.10. The Hall–Kier alpha value is -1.88. The number of rotatable bonds is 7. The number of ether oxygens (including phenoxy) is 1. The number of hydrogen-bond donors (Lipinski definition) is 1. The van der Waals surface area contributed by atoms with Crippen LogP contribution in [0.2, 0.25) is 5.02 Å². The molecule has 2 aromatic carbocycles. The molecule has 0 aliphatic carbocycles. The van der Waals surface area contributed by atoms with Crippen LogP contribution in [0.15, 0.2) is 48.5 Å². The van der Waals surface area contributed by atoms with Crippen LogP contribution in [0.1, 0.15) is 41.6 Å². The standard InChI is InChI=1S/C22H26ClNO3/c1-27-20-10-4-17(5-11-20)21(25)3-2-14-24-15-12-22(26,13-16-24)18-6-8-19(23)9-7-18/h4-11,26H,2-3,12-16H2,1H3. The molecule has 144 valence electrons. The number of piperidine rings is 1. The van der Waals surface area contributed by atoms with Crippen LogP contribution < -0.4 is 4.74 Å². The fourth-order valence-electron chi connectivity index (χ4n) is 3.58. The second kappa shape index (κ2) is 8.87. The Labute approximate surface area is 165 Å². The molecule has 0 aromatic heterocycles. The van der Waals surface area contributed by atoms with Gasteiger partial charge >= 0.3 is 0 Å². The molecule has 3 rings (SSSR count). The Balaban J connectivity index is 1.44. The van der Waals surface area contributed by atoms with Crippen molar-refractivity contribution in [2.45, 2.75) is 31.3 Å². The van der Waals surface area contributed by atoms with Gasteiger partial charge in [-0.15, -0.1) is 0 Å². The van der Waals surface area contributed by atoms with Crippen molar-refractivity contribution < 1.29 is 14.6 Å². The highest BCUT2D eigenvalue weighted by molar-refractivity contribution is 6.30. The van der Waals surface area contributed by atoms with Crippen molar-refractivity contribution in [1.29, 1.82) is 0 Å². The van der Waals surface area contributed by atoms with Crippen LogP contribution in [0, 0.1) is 0 Å². The first-order chi connectivity index (χ1) is 13.0.